The number of nitrogens with one attached hydrogen (secondary N) is 1. The van der Waals surface area contributed by atoms with Crippen LogP contribution in [0.3, 0.4) is 0 Å². The summed E-state index contributed by atoms with van der Waals surface area (Å²) >= 11 is 0. The molecule has 0 saturated carbocycles. The molecule has 7 nitrogen and oxygen atoms in total. The lowest BCUT2D eigenvalue weighted by molar-refractivity contribution is -0.129. The molecule has 0 radical (unpaired) electrons. The smallest absolute Gasteiger partial charge is 0.375 e. The summed E-state index contributed by atoms with van der Waals surface area (Å²) in [5, 5.41) is 2.72. The van der Waals surface area contributed by atoms with E-state index < -0.39 is 18.0 Å². The highest BCUT2D eigenvalue weighted by Crippen LogP contribution is 2.23. The second-order valence-corrected chi connectivity index (χ2v) is 6.91. The fourth-order valence-electron chi connectivity index (χ4n) is 2.82. The van der Waals surface area contributed by atoms with E-state index in [0.717, 1.165) is 11.3 Å². The minimum absolute atomic E-state index is 0.0135. The van der Waals surface area contributed by atoms with Crippen molar-refractivity contribution in [1.29, 1.82) is 0 Å². The van der Waals surface area contributed by atoms with Gasteiger partial charge in [-0.3, -0.25) is 9.59 Å². The highest BCUT2D eigenvalue weighted by atomic mass is 16.6. The monoisotopic (exact) mass is 421 g/mol. The van der Waals surface area contributed by atoms with Gasteiger partial charge in [0.25, 0.3) is 5.91 Å². The first-order valence-corrected chi connectivity index (χ1v) is 9.70. The van der Waals surface area contributed by atoms with Crippen LogP contribution in [-0.4, -0.2) is 30.9 Å². The standard InChI is InChI=1S/C24H23NO6/c1-15(26)18-6-8-19(9-7-18)21-12-13-22(31-21)24(28)30-16(2)23(27)25-14-17-4-10-20(29-3)11-5-17/h4-13,16H,14H2,1-3H3,(H,25,27)/t16-/m1/s1. The van der Waals surface area contributed by atoms with Crippen LogP contribution in [0.1, 0.15) is 40.3 Å². The molecule has 0 spiro atoms. The van der Waals surface area contributed by atoms with Gasteiger partial charge < -0.3 is 19.2 Å². The summed E-state index contributed by atoms with van der Waals surface area (Å²) in [6, 6.07) is 17.2. The number of esters is 1. The Kier molecular flexibility index (Phi) is 6.87. The van der Waals surface area contributed by atoms with Gasteiger partial charge in [-0.1, -0.05) is 36.4 Å². The molecule has 0 aliphatic rings. The lowest BCUT2D eigenvalue weighted by Gasteiger charge is -2.13. The van der Waals surface area contributed by atoms with Crippen LogP contribution in [-0.2, 0) is 16.1 Å². The third-order valence-electron chi connectivity index (χ3n) is 4.66. The van der Waals surface area contributed by atoms with Crippen LogP contribution in [0.15, 0.2) is 65.1 Å². The number of rotatable bonds is 8. The number of hydrogen-bond acceptors (Lipinski definition) is 6. The molecule has 2 aromatic carbocycles. The first-order valence-electron chi connectivity index (χ1n) is 9.70. The molecule has 0 saturated heterocycles. The normalized spacial score (nSPS) is 11.5. The third-order valence-corrected chi connectivity index (χ3v) is 4.66. The molecule has 160 valence electrons. The summed E-state index contributed by atoms with van der Waals surface area (Å²) in [5.41, 5.74) is 2.19. The molecule has 1 atom stereocenters. The van der Waals surface area contributed by atoms with Crippen LogP contribution in [0.5, 0.6) is 5.75 Å². The Morgan fingerprint density at radius 2 is 1.65 bits per heavy atom. The van der Waals surface area contributed by atoms with Gasteiger partial charge in [0.15, 0.2) is 11.9 Å². The number of furan rings is 1. The molecule has 0 unspecified atom stereocenters. The van der Waals surface area contributed by atoms with Gasteiger partial charge in [0.05, 0.1) is 7.11 Å². The van der Waals surface area contributed by atoms with Crippen molar-refractivity contribution in [3.63, 3.8) is 0 Å². The predicted molar refractivity (Wildman–Crippen MR) is 114 cm³/mol. The number of ketones is 1. The number of benzene rings is 2. The highest BCUT2D eigenvalue weighted by molar-refractivity contribution is 5.94. The van der Waals surface area contributed by atoms with E-state index in [4.69, 9.17) is 13.9 Å². The second-order valence-electron chi connectivity index (χ2n) is 6.91. The maximum atomic E-state index is 12.3. The summed E-state index contributed by atoms with van der Waals surface area (Å²) in [7, 11) is 1.58. The van der Waals surface area contributed by atoms with Crippen LogP contribution in [0, 0.1) is 0 Å². The lowest BCUT2D eigenvalue weighted by atomic mass is 10.1. The number of Topliss-reactive ketones (excluding diaryl/α,β-unsaturated/α-hetero) is 1. The van der Waals surface area contributed by atoms with E-state index in [9.17, 15) is 14.4 Å². The van der Waals surface area contributed by atoms with Crippen molar-refractivity contribution in [2.45, 2.75) is 26.5 Å². The second kappa shape index (κ2) is 9.75. The van der Waals surface area contributed by atoms with Crippen molar-refractivity contribution in [3.8, 4) is 17.1 Å². The van der Waals surface area contributed by atoms with Gasteiger partial charge in [-0.2, -0.15) is 0 Å². The van der Waals surface area contributed by atoms with Gasteiger partial charge in [-0.15, -0.1) is 0 Å². The van der Waals surface area contributed by atoms with E-state index in [-0.39, 0.29) is 11.5 Å². The minimum Gasteiger partial charge on any atom is -0.497 e. The molecule has 0 bridgehead atoms. The maximum Gasteiger partial charge on any atom is 0.375 e. The van der Waals surface area contributed by atoms with Gasteiger partial charge in [-0.05, 0) is 43.7 Å². The molecule has 3 aromatic rings. The third kappa shape index (κ3) is 5.60. The molecule has 1 N–H and O–H groups in total. The summed E-state index contributed by atoms with van der Waals surface area (Å²) in [6.45, 7) is 3.28. The molecule has 1 aromatic heterocycles. The van der Waals surface area contributed by atoms with Crippen molar-refractivity contribution in [2.75, 3.05) is 7.11 Å². The van der Waals surface area contributed by atoms with Crippen molar-refractivity contribution < 1.29 is 28.3 Å². The molecular formula is C24H23NO6. The average Bonchev–Trinajstić information content (AvgIpc) is 3.28. The zero-order valence-electron chi connectivity index (χ0n) is 17.5. The minimum atomic E-state index is -0.992. The largest absolute Gasteiger partial charge is 0.497 e. The molecule has 31 heavy (non-hydrogen) atoms. The zero-order chi connectivity index (χ0) is 22.4. The van der Waals surface area contributed by atoms with Gasteiger partial charge >= 0.3 is 5.97 Å². The number of carbonyl (C=O) groups excluding carboxylic acids is 3. The zero-order valence-corrected chi connectivity index (χ0v) is 17.5. The van der Waals surface area contributed by atoms with Gasteiger partial charge in [-0.25, -0.2) is 4.79 Å². The van der Waals surface area contributed by atoms with Crippen molar-refractivity contribution in [3.05, 3.63) is 77.6 Å². The Labute approximate surface area is 180 Å². The van der Waals surface area contributed by atoms with E-state index in [2.05, 4.69) is 5.32 Å². The van der Waals surface area contributed by atoms with Crippen LogP contribution in [0.2, 0.25) is 0 Å². The Bertz CT molecular complexity index is 1070. The molecule has 1 amide bonds. The number of hydrogen-bond donors (Lipinski definition) is 1. The summed E-state index contributed by atoms with van der Waals surface area (Å²) in [4.78, 5) is 36.0. The fraction of sp³-hybridized carbons (Fsp3) is 0.208. The molecule has 3 rings (SSSR count). The molecule has 0 aliphatic heterocycles. The van der Waals surface area contributed by atoms with Crippen LogP contribution in [0.25, 0.3) is 11.3 Å². The van der Waals surface area contributed by atoms with E-state index in [1.807, 2.05) is 12.1 Å². The Hall–Kier alpha value is -3.87. The molecule has 1 heterocycles. The van der Waals surface area contributed by atoms with Gasteiger partial charge in [0.2, 0.25) is 5.76 Å². The van der Waals surface area contributed by atoms with E-state index >= 15 is 0 Å². The highest BCUT2D eigenvalue weighted by Gasteiger charge is 2.21. The van der Waals surface area contributed by atoms with Crippen molar-refractivity contribution in [2.24, 2.45) is 0 Å². The van der Waals surface area contributed by atoms with Crippen molar-refractivity contribution in [1.82, 2.24) is 5.32 Å². The first-order chi connectivity index (χ1) is 14.9. The van der Waals surface area contributed by atoms with E-state index in [1.165, 1.54) is 19.9 Å². The number of methoxy groups -OCH3 is 1. The van der Waals surface area contributed by atoms with E-state index in [0.29, 0.717) is 23.4 Å². The first kappa shape index (κ1) is 21.8. The fourth-order valence-corrected chi connectivity index (χ4v) is 2.82. The topological polar surface area (TPSA) is 94.8 Å². The Balaban J connectivity index is 1.55. The molecule has 7 heteroatoms. The van der Waals surface area contributed by atoms with Crippen molar-refractivity contribution >= 4 is 17.7 Å². The molecule has 0 fully saturated rings. The summed E-state index contributed by atoms with van der Waals surface area (Å²) < 4.78 is 15.9. The Morgan fingerprint density at radius 3 is 2.26 bits per heavy atom. The van der Waals surface area contributed by atoms with Crippen LogP contribution < -0.4 is 10.1 Å². The molecule has 0 aliphatic carbocycles. The summed E-state index contributed by atoms with van der Waals surface area (Å²) in [6.07, 6.45) is -0.992. The quantitative estimate of drug-likeness (QED) is 0.436. The average molecular weight is 421 g/mol. The maximum absolute atomic E-state index is 12.3. The number of ether oxygens (including phenoxy) is 2. The SMILES string of the molecule is COc1ccc(CNC(=O)[C@@H](C)OC(=O)c2ccc(-c3ccc(C(C)=O)cc3)o2)cc1. The number of carbonyl (C=O) groups is 3. The van der Waals surface area contributed by atoms with Crippen LogP contribution >= 0.6 is 0 Å². The van der Waals surface area contributed by atoms with Gasteiger partial charge in [0.1, 0.15) is 11.5 Å². The lowest BCUT2D eigenvalue weighted by Crippen LogP contribution is -2.35. The van der Waals surface area contributed by atoms with Crippen LogP contribution in [0.4, 0.5) is 0 Å². The summed E-state index contributed by atoms with van der Waals surface area (Å²) in [5.74, 6) is -0.0203. The predicted octanol–water partition coefficient (Wildman–Crippen LogP) is 4.02. The number of amides is 1. The Morgan fingerprint density at radius 1 is 0.968 bits per heavy atom. The van der Waals surface area contributed by atoms with E-state index in [1.54, 1.807) is 49.6 Å². The molecular weight excluding hydrogens is 398 g/mol. The van der Waals surface area contributed by atoms with Gasteiger partial charge in [0, 0.05) is 17.7 Å².